The van der Waals surface area contributed by atoms with Crippen molar-refractivity contribution in [1.82, 2.24) is 0 Å². The van der Waals surface area contributed by atoms with Gasteiger partial charge in [0.15, 0.2) is 0 Å². The normalized spacial score (nSPS) is 18.3. The first-order valence-electron chi connectivity index (χ1n) is 5.98. The zero-order valence-corrected chi connectivity index (χ0v) is 11.0. The minimum Gasteiger partial charge on any atom is -0.481 e. The van der Waals surface area contributed by atoms with Crippen molar-refractivity contribution in [3.63, 3.8) is 0 Å². The third kappa shape index (κ3) is 1.95. The van der Waals surface area contributed by atoms with Crippen molar-refractivity contribution in [3.8, 4) is 0 Å². The number of benzene rings is 1. The largest absolute Gasteiger partial charge is 0.481 e. The predicted octanol–water partition coefficient (Wildman–Crippen LogP) is 3.85. The Hall–Kier alpha value is -1.02. The molecule has 17 heavy (non-hydrogen) atoms. The van der Waals surface area contributed by atoms with Crippen molar-refractivity contribution in [2.45, 2.75) is 44.9 Å². The Bertz CT molecular complexity index is 460. The van der Waals surface area contributed by atoms with E-state index in [0.717, 1.165) is 42.4 Å². The van der Waals surface area contributed by atoms with Gasteiger partial charge in [0.1, 0.15) is 0 Å². The van der Waals surface area contributed by atoms with Gasteiger partial charge in [-0.15, -0.1) is 0 Å². The van der Waals surface area contributed by atoms with Crippen LogP contribution in [0.3, 0.4) is 0 Å². The molecule has 0 aromatic heterocycles. The smallest absolute Gasteiger partial charge is 0.314 e. The molecule has 0 aliphatic heterocycles. The average Bonchev–Trinajstić information content (AvgIpc) is 2.73. The van der Waals surface area contributed by atoms with Crippen LogP contribution in [0.1, 0.15) is 42.4 Å². The van der Waals surface area contributed by atoms with Crippen LogP contribution in [0.5, 0.6) is 0 Å². The lowest BCUT2D eigenvalue weighted by molar-refractivity contribution is -0.143. The summed E-state index contributed by atoms with van der Waals surface area (Å²) in [4.78, 5) is 11.7. The lowest BCUT2D eigenvalue weighted by Gasteiger charge is -2.27. The summed E-state index contributed by atoms with van der Waals surface area (Å²) in [6.45, 7) is 3.97. The number of aryl methyl sites for hydroxylation is 1. The molecule has 0 bridgehead atoms. The number of carboxylic acids is 1. The van der Waals surface area contributed by atoms with Crippen LogP contribution in [-0.2, 0) is 10.2 Å². The van der Waals surface area contributed by atoms with Crippen LogP contribution < -0.4 is 0 Å². The molecule has 1 fully saturated rings. The van der Waals surface area contributed by atoms with E-state index in [0.29, 0.717) is 5.02 Å². The van der Waals surface area contributed by atoms with Gasteiger partial charge in [-0.05, 0) is 55.5 Å². The zero-order valence-electron chi connectivity index (χ0n) is 10.2. The molecule has 1 N–H and O–H groups in total. The van der Waals surface area contributed by atoms with Crippen molar-refractivity contribution in [2.75, 3.05) is 0 Å². The van der Waals surface area contributed by atoms with E-state index >= 15 is 0 Å². The molecule has 1 aliphatic carbocycles. The Morgan fingerprint density at radius 3 is 2.41 bits per heavy atom. The van der Waals surface area contributed by atoms with E-state index in [1.54, 1.807) is 0 Å². The molecule has 1 aromatic rings. The first kappa shape index (κ1) is 12.4. The molecule has 0 saturated heterocycles. The molecule has 1 aliphatic rings. The third-order valence-corrected chi connectivity index (χ3v) is 4.23. The Labute approximate surface area is 107 Å². The van der Waals surface area contributed by atoms with E-state index in [1.165, 1.54) is 0 Å². The molecule has 0 atom stereocenters. The molecule has 0 unspecified atom stereocenters. The Morgan fingerprint density at radius 1 is 1.29 bits per heavy atom. The summed E-state index contributed by atoms with van der Waals surface area (Å²) in [5.74, 6) is -0.709. The quantitative estimate of drug-likeness (QED) is 0.868. The molecule has 2 rings (SSSR count). The van der Waals surface area contributed by atoms with E-state index in [-0.39, 0.29) is 0 Å². The van der Waals surface area contributed by atoms with E-state index in [4.69, 9.17) is 11.6 Å². The maximum absolute atomic E-state index is 11.7. The Kier molecular flexibility index (Phi) is 3.17. The van der Waals surface area contributed by atoms with Gasteiger partial charge >= 0.3 is 5.97 Å². The fraction of sp³-hybridized carbons (Fsp3) is 0.500. The minimum atomic E-state index is -0.709. The number of aliphatic carboxylic acids is 1. The van der Waals surface area contributed by atoms with Crippen LogP contribution >= 0.6 is 11.6 Å². The highest BCUT2D eigenvalue weighted by molar-refractivity contribution is 6.30. The lowest BCUT2D eigenvalue weighted by atomic mass is 9.76. The van der Waals surface area contributed by atoms with Gasteiger partial charge in [0, 0.05) is 5.02 Å². The van der Waals surface area contributed by atoms with Gasteiger partial charge < -0.3 is 5.11 Å². The number of rotatable bonds is 2. The molecular formula is C14H17ClO2. The van der Waals surface area contributed by atoms with Crippen LogP contribution in [0.25, 0.3) is 0 Å². The lowest BCUT2D eigenvalue weighted by Crippen LogP contribution is -2.33. The van der Waals surface area contributed by atoms with Gasteiger partial charge in [-0.2, -0.15) is 0 Å². The van der Waals surface area contributed by atoms with Gasteiger partial charge in [0.25, 0.3) is 0 Å². The molecule has 0 spiro atoms. The fourth-order valence-electron chi connectivity index (χ4n) is 2.89. The summed E-state index contributed by atoms with van der Waals surface area (Å²) in [5.41, 5.74) is 2.34. The molecule has 0 radical (unpaired) electrons. The van der Waals surface area contributed by atoms with Crippen LogP contribution in [0, 0.1) is 13.8 Å². The summed E-state index contributed by atoms with van der Waals surface area (Å²) in [7, 11) is 0. The second kappa shape index (κ2) is 4.34. The van der Waals surface area contributed by atoms with Crippen molar-refractivity contribution >= 4 is 17.6 Å². The maximum atomic E-state index is 11.7. The summed E-state index contributed by atoms with van der Waals surface area (Å²) in [5, 5.41) is 10.2. The molecule has 92 valence electrons. The van der Waals surface area contributed by atoms with Crippen molar-refractivity contribution in [3.05, 3.63) is 33.8 Å². The number of halogens is 1. The topological polar surface area (TPSA) is 37.3 Å². The van der Waals surface area contributed by atoms with E-state index in [2.05, 4.69) is 0 Å². The molecule has 0 heterocycles. The Balaban J connectivity index is 2.62. The predicted molar refractivity (Wildman–Crippen MR) is 68.7 cm³/mol. The van der Waals surface area contributed by atoms with Crippen molar-refractivity contribution < 1.29 is 9.90 Å². The van der Waals surface area contributed by atoms with Gasteiger partial charge in [-0.1, -0.05) is 24.4 Å². The van der Waals surface area contributed by atoms with Crippen molar-refractivity contribution in [1.29, 1.82) is 0 Å². The van der Waals surface area contributed by atoms with Crippen LogP contribution in [0.4, 0.5) is 0 Å². The first-order valence-corrected chi connectivity index (χ1v) is 6.36. The molecule has 1 saturated carbocycles. The standard InChI is InChI=1S/C14H17ClO2/c1-9-7-11(15)8-12(10(9)2)14(13(16)17)5-3-4-6-14/h7-8H,3-6H2,1-2H3,(H,16,17). The zero-order chi connectivity index (χ0) is 12.6. The fourth-order valence-corrected chi connectivity index (χ4v) is 3.16. The number of hydrogen-bond donors (Lipinski definition) is 1. The van der Waals surface area contributed by atoms with Gasteiger partial charge in [0.05, 0.1) is 5.41 Å². The van der Waals surface area contributed by atoms with Gasteiger partial charge in [-0.25, -0.2) is 0 Å². The number of hydrogen-bond acceptors (Lipinski definition) is 1. The highest BCUT2D eigenvalue weighted by atomic mass is 35.5. The maximum Gasteiger partial charge on any atom is 0.314 e. The number of carboxylic acid groups (broad SMARTS) is 1. The van der Waals surface area contributed by atoms with Crippen LogP contribution in [0.15, 0.2) is 12.1 Å². The van der Waals surface area contributed by atoms with Crippen LogP contribution in [-0.4, -0.2) is 11.1 Å². The summed E-state index contributed by atoms with van der Waals surface area (Å²) in [6, 6.07) is 3.73. The van der Waals surface area contributed by atoms with E-state index in [1.807, 2.05) is 26.0 Å². The summed E-state index contributed by atoms with van der Waals surface area (Å²) >= 11 is 6.07. The molecule has 0 amide bonds. The first-order chi connectivity index (χ1) is 7.97. The monoisotopic (exact) mass is 252 g/mol. The van der Waals surface area contributed by atoms with Gasteiger partial charge in [-0.3, -0.25) is 4.79 Å². The molecule has 2 nitrogen and oxygen atoms in total. The molecular weight excluding hydrogens is 236 g/mol. The minimum absolute atomic E-state index is 0.635. The second-order valence-corrected chi connectivity index (χ2v) is 5.43. The SMILES string of the molecule is Cc1cc(Cl)cc(C2(C(=O)O)CCCC2)c1C. The molecule has 3 heteroatoms. The van der Waals surface area contributed by atoms with Gasteiger partial charge in [0.2, 0.25) is 0 Å². The number of carbonyl (C=O) groups is 1. The molecule has 1 aromatic carbocycles. The Morgan fingerprint density at radius 2 is 1.88 bits per heavy atom. The average molecular weight is 253 g/mol. The van der Waals surface area contributed by atoms with Crippen molar-refractivity contribution in [2.24, 2.45) is 0 Å². The highest BCUT2D eigenvalue weighted by Crippen LogP contribution is 2.44. The third-order valence-electron chi connectivity index (χ3n) is 4.01. The van der Waals surface area contributed by atoms with Crippen LogP contribution in [0.2, 0.25) is 5.02 Å². The van der Waals surface area contributed by atoms with E-state index < -0.39 is 11.4 Å². The highest BCUT2D eigenvalue weighted by Gasteiger charge is 2.44. The summed E-state index contributed by atoms with van der Waals surface area (Å²) in [6.07, 6.45) is 3.42. The van der Waals surface area contributed by atoms with E-state index in [9.17, 15) is 9.90 Å². The summed E-state index contributed by atoms with van der Waals surface area (Å²) < 4.78 is 0. The second-order valence-electron chi connectivity index (χ2n) is 4.99.